The molecule has 3 rings (SSSR count). The van der Waals surface area contributed by atoms with Gasteiger partial charge in [-0.1, -0.05) is 29.8 Å². The van der Waals surface area contributed by atoms with Crippen molar-refractivity contribution in [3.8, 4) is 0 Å². The van der Waals surface area contributed by atoms with Crippen molar-refractivity contribution in [1.29, 1.82) is 0 Å². The molecule has 1 amide bonds. The summed E-state index contributed by atoms with van der Waals surface area (Å²) in [4.78, 5) is 21.3. The van der Waals surface area contributed by atoms with E-state index >= 15 is 0 Å². The van der Waals surface area contributed by atoms with Gasteiger partial charge in [0, 0.05) is 45.8 Å². The van der Waals surface area contributed by atoms with Gasteiger partial charge in [-0.15, -0.1) is 0 Å². The van der Waals surface area contributed by atoms with Gasteiger partial charge in [-0.3, -0.25) is 19.6 Å². The molecule has 7 nitrogen and oxygen atoms in total. The predicted molar refractivity (Wildman–Crippen MR) is 132 cm³/mol. The fourth-order valence-electron chi connectivity index (χ4n) is 4.53. The molecule has 0 aliphatic carbocycles. The van der Waals surface area contributed by atoms with Crippen molar-refractivity contribution in [2.75, 3.05) is 52.9 Å². The summed E-state index contributed by atoms with van der Waals surface area (Å²) >= 11 is 0. The van der Waals surface area contributed by atoms with Gasteiger partial charge in [-0.2, -0.15) is 0 Å². The number of carbonyl (C=O) groups excluding carboxylic acids is 1. The summed E-state index contributed by atoms with van der Waals surface area (Å²) in [5, 5.41) is 9.76. The van der Waals surface area contributed by atoms with E-state index in [9.17, 15) is 4.79 Å². The van der Waals surface area contributed by atoms with Gasteiger partial charge in [0.25, 0.3) is 0 Å². The molecule has 2 aliphatic rings. The Balaban J connectivity index is 1.39. The van der Waals surface area contributed by atoms with Gasteiger partial charge in [-0.25, -0.2) is 0 Å². The van der Waals surface area contributed by atoms with E-state index in [0.717, 1.165) is 64.6 Å². The van der Waals surface area contributed by atoms with Gasteiger partial charge in [0.2, 0.25) is 5.91 Å². The van der Waals surface area contributed by atoms with Crippen molar-refractivity contribution in [3.63, 3.8) is 0 Å². The van der Waals surface area contributed by atoms with Gasteiger partial charge in [0.05, 0.1) is 6.54 Å². The second kappa shape index (κ2) is 12.8. The summed E-state index contributed by atoms with van der Waals surface area (Å²) < 4.78 is 0. The number of likely N-dealkylation sites (tertiary alicyclic amines) is 2. The van der Waals surface area contributed by atoms with E-state index in [0.29, 0.717) is 18.5 Å². The van der Waals surface area contributed by atoms with Gasteiger partial charge >= 0.3 is 0 Å². The van der Waals surface area contributed by atoms with Gasteiger partial charge < -0.3 is 16.0 Å². The largest absolute Gasteiger partial charge is 0.358 e. The number of rotatable bonds is 8. The van der Waals surface area contributed by atoms with E-state index < -0.39 is 0 Å². The number of likely N-dealkylation sites (N-methyl/N-ethyl adjacent to an activating group) is 1. The molecule has 1 aromatic rings. The number of nitrogens with one attached hydrogen (secondary N) is 3. The monoisotopic (exact) mass is 442 g/mol. The number of nitrogens with zero attached hydrogens (tertiary/aromatic N) is 3. The molecular weight excluding hydrogens is 400 g/mol. The topological polar surface area (TPSA) is 72.0 Å². The van der Waals surface area contributed by atoms with Crippen molar-refractivity contribution in [2.45, 2.75) is 52.1 Å². The smallest absolute Gasteiger partial charge is 0.233 e. The lowest BCUT2D eigenvalue weighted by Crippen LogP contribution is -2.50. The van der Waals surface area contributed by atoms with Crippen LogP contribution in [0, 0.1) is 12.8 Å². The predicted octanol–water partition coefficient (Wildman–Crippen LogP) is 1.97. The zero-order valence-electron chi connectivity index (χ0n) is 20.2. The van der Waals surface area contributed by atoms with Crippen LogP contribution >= 0.6 is 0 Å². The third-order valence-electron chi connectivity index (χ3n) is 6.66. The third kappa shape index (κ3) is 8.10. The molecule has 2 aliphatic heterocycles. The SMILES string of the molecule is CCNC(=NCC1CCN(Cc2ccc(C)cc2)CC1)NC1CCN(CC(=O)NC)CC1. The van der Waals surface area contributed by atoms with E-state index in [1.807, 2.05) is 0 Å². The molecule has 0 aromatic heterocycles. The molecule has 0 spiro atoms. The van der Waals surface area contributed by atoms with Crippen molar-refractivity contribution < 1.29 is 4.79 Å². The summed E-state index contributed by atoms with van der Waals surface area (Å²) in [6, 6.07) is 9.34. The van der Waals surface area contributed by atoms with Crippen molar-refractivity contribution in [1.82, 2.24) is 25.8 Å². The fraction of sp³-hybridized carbons (Fsp3) is 0.680. The first-order chi connectivity index (χ1) is 15.6. The van der Waals surface area contributed by atoms with Crippen molar-refractivity contribution in [3.05, 3.63) is 35.4 Å². The molecule has 1 aromatic carbocycles. The highest BCUT2D eigenvalue weighted by Gasteiger charge is 2.22. The van der Waals surface area contributed by atoms with Crippen LogP contribution in [0.5, 0.6) is 0 Å². The average molecular weight is 443 g/mol. The Kier molecular flexibility index (Phi) is 9.81. The minimum Gasteiger partial charge on any atom is -0.358 e. The molecule has 0 unspecified atom stereocenters. The zero-order chi connectivity index (χ0) is 22.8. The number of aliphatic imine (C=N–C) groups is 1. The summed E-state index contributed by atoms with van der Waals surface area (Å²) in [6.45, 7) is 11.8. The first-order valence-corrected chi connectivity index (χ1v) is 12.3. The lowest BCUT2D eigenvalue weighted by molar-refractivity contribution is -0.122. The maximum Gasteiger partial charge on any atom is 0.233 e. The fourth-order valence-corrected chi connectivity index (χ4v) is 4.53. The number of carbonyl (C=O) groups is 1. The second-order valence-electron chi connectivity index (χ2n) is 9.29. The standard InChI is InChI=1S/C25H42N6O/c1-4-27-25(29-23-11-15-31(16-12-23)19-24(32)26-3)28-17-21-9-13-30(14-10-21)18-22-7-5-20(2)6-8-22/h5-8,21,23H,4,9-19H2,1-3H3,(H,26,32)(H2,27,28,29). The van der Waals surface area contributed by atoms with E-state index in [-0.39, 0.29) is 5.91 Å². The quantitative estimate of drug-likeness (QED) is 0.424. The molecule has 2 heterocycles. The number of guanidine groups is 1. The molecule has 2 fully saturated rings. The maximum atomic E-state index is 11.6. The molecule has 0 bridgehead atoms. The van der Waals surface area contributed by atoms with E-state index in [1.165, 1.54) is 24.0 Å². The summed E-state index contributed by atoms with van der Waals surface area (Å²) in [7, 11) is 1.70. The maximum absolute atomic E-state index is 11.6. The second-order valence-corrected chi connectivity index (χ2v) is 9.29. The van der Waals surface area contributed by atoms with Crippen LogP contribution in [0.15, 0.2) is 29.3 Å². The summed E-state index contributed by atoms with van der Waals surface area (Å²) in [5.41, 5.74) is 2.73. The Hall–Kier alpha value is -2.12. The third-order valence-corrected chi connectivity index (χ3v) is 6.66. The molecule has 178 valence electrons. The van der Waals surface area contributed by atoms with E-state index in [2.05, 4.69) is 63.9 Å². The Morgan fingerprint density at radius 3 is 2.31 bits per heavy atom. The molecule has 7 heteroatoms. The molecule has 0 radical (unpaired) electrons. The molecule has 0 atom stereocenters. The zero-order valence-corrected chi connectivity index (χ0v) is 20.2. The highest BCUT2D eigenvalue weighted by molar-refractivity contribution is 5.80. The van der Waals surface area contributed by atoms with E-state index in [4.69, 9.17) is 4.99 Å². The minimum atomic E-state index is 0.0937. The molecular formula is C25H42N6O. The number of amides is 1. The molecule has 0 saturated carbocycles. The van der Waals surface area contributed by atoms with Crippen LogP contribution in [0.3, 0.4) is 0 Å². The van der Waals surface area contributed by atoms with Gasteiger partial charge in [-0.05, 0) is 64.1 Å². The average Bonchev–Trinajstić information content (AvgIpc) is 2.81. The first kappa shape index (κ1) is 24.5. The van der Waals surface area contributed by atoms with Crippen LogP contribution in [-0.2, 0) is 11.3 Å². The lowest BCUT2D eigenvalue weighted by Gasteiger charge is -2.33. The Morgan fingerprint density at radius 1 is 1.03 bits per heavy atom. The molecule has 3 N–H and O–H groups in total. The normalized spacial score (nSPS) is 19.7. The van der Waals surface area contributed by atoms with Crippen molar-refractivity contribution in [2.24, 2.45) is 10.9 Å². The first-order valence-electron chi connectivity index (χ1n) is 12.3. The highest BCUT2D eigenvalue weighted by Crippen LogP contribution is 2.19. The van der Waals surface area contributed by atoms with Crippen LogP contribution in [0.4, 0.5) is 0 Å². The van der Waals surface area contributed by atoms with Crippen LogP contribution in [0.1, 0.15) is 43.7 Å². The Bertz CT molecular complexity index is 718. The minimum absolute atomic E-state index is 0.0937. The van der Waals surface area contributed by atoms with Gasteiger partial charge in [0.1, 0.15) is 0 Å². The van der Waals surface area contributed by atoms with Crippen LogP contribution < -0.4 is 16.0 Å². The molecule has 2 saturated heterocycles. The van der Waals surface area contributed by atoms with E-state index in [1.54, 1.807) is 7.05 Å². The van der Waals surface area contributed by atoms with Crippen LogP contribution in [0.2, 0.25) is 0 Å². The number of aryl methyl sites for hydroxylation is 1. The Labute approximate surface area is 194 Å². The number of piperidine rings is 2. The number of hydrogen-bond donors (Lipinski definition) is 3. The summed E-state index contributed by atoms with van der Waals surface area (Å²) in [5.74, 6) is 1.70. The lowest BCUT2D eigenvalue weighted by atomic mass is 9.96. The van der Waals surface area contributed by atoms with Crippen molar-refractivity contribution >= 4 is 11.9 Å². The Morgan fingerprint density at radius 2 is 1.69 bits per heavy atom. The summed E-state index contributed by atoms with van der Waals surface area (Å²) in [6.07, 6.45) is 4.51. The number of hydrogen-bond acceptors (Lipinski definition) is 4. The van der Waals surface area contributed by atoms with Crippen LogP contribution in [-0.4, -0.2) is 80.6 Å². The number of benzene rings is 1. The van der Waals surface area contributed by atoms with Crippen LogP contribution in [0.25, 0.3) is 0 Å². The highest BCUT2D eigenvalue weighted by atomic mass is 16.1. The van der Waals surface area contributed by atoms with Gasteiger partial charge in [0.15, 0.2) is 5.96 Å². The molecule has 32 heavy (non-hydrogen) atoms.